The van der Waals surface area contributed by atoms with Crippen LogP contribution < -0.4 is 10.6 Å². The average Bonchev–Trinajstić information content (AvgIpc) is 2.96. The maximum Gasteiger partial charge on any atom is 0.418 e. The number of rotatable bonds is 4. The summed E-state index contributed by atoms with van der Waals surface area (Å²) in [6.45, 7) is -0.0372. The molecule has 112 valence electrons. The number of H-pyrrole nitrogens is 1. The molecule has 0 bridgehead atoms. The number of nitrogens with zero attached hydrogens (tertiary/aromatic N) is 3. The molecule has 0 radical (unpaired) electrons. The number of aromatic nitrogens is 4. The van der Waals surface area contributed by atoms with E-state index in [-0.39, 0.29) is 23.6 Å². The molecule has 10 heteroatoms. The minimum absolute atomic E-state index is 0.0372. The molecule has 21 heavy (non-hydrogen) atoms. The van der Waals surface area contributed by atoms with Gasteiger partial charge in [-0.05, 0) is 18.2 Å². The van der Waals surface area contributed by atoms with Gasteiger partial charge < -0.3 is 10.6 Å². The summed E-state index contributed by atoms with van der Waals surface area (Å²) in [5.74, 6) is -0.431. The SMILES string of the molecule is CNc1ccc(C(=O)NCc2nn[nH]n2)cc1C(F)(F)F. The molecule has 0 saturated carbocycles. The number of hydrogen-bond acceptors (Lipinski definition) is 5. The highest BCUT2D eigenvalue weighted by atomic mass is 19.4. The van der Waals surface area contributed by atoms with E-state index in [9.17, 15) is 18.0 Å². The van der Waals surface area contributed by atoms with Gasteiger partial charge in [-0.3, -0.25) is 4.79 Å². The topological polar surface area (TPSA) is 95.6 Å². The van der Waals surface area contributed by atoms with Crippen LogP contribution in [-0.2, 0) is 12.7 Å². The first-order chi connectivity index (χ1) is 9.91. The lowest BCUT2D eigenvalue weighted by molar-refractivity contribution is -0.136. The van der Waals surface area contributed by atoms with Crippen molar-refractivity contribution in [2.75, 3.05) is 12.4 Å². The number of carbonyl (C=O) groups is 1. The number of amides is 1. The summed E-state index contributed by atoms with van der Waals surface area (Å²) in [7, 11) is 1.38. The minimum Gasteiger partial charge on any atom is -0.388 e. The number of nitrogens with one attached hydrogen (secondary N) is 3. The maximum atomic E-state index is 12.9. The first-order valence-corrected chi connectivity index (χ1v) is 5.81. The normalized spacial score (nSPS) is 11.2. The third-order valence-corrected chi connectivity index (χ3v) is 2.65. The number of anilines is 1. The molecule has 1 heterocycles. The molecule has 0 aliphatic rings. The highest BCUT2D eigenvalue weighted by Crippen LogP contribution is 2.35. The van der Waals surface area contributed by atoms with Crippen molar-refractivity contribution in [2.24, 2.45) is 0 Å². The first-order valence-electron chi connectivity index (χ1n) is 5.81. The van der Waals surface area contributed by atoms with Crippen molar-refractivity contribution in [1.29, 1.82) is 0 Å². The fourth-order valence-electron chi connectivity index (χ4n) is 1.66. The fraction of sp³-hybridized carbons (Fsp3) is 0.273. The number of alkyl halides is 3. The molecule has 0 aliphatic heterocycles. The smallest absolute Gasteiger partial charge is 0.388 e. The number of benzene rings is 1. The van der Waals surface area contributed by atoms with Gasteiger partial charge in [-0.2, -0.15) is 18.4 Å². The van der Waals surface area contributed by atoms with Gasteiger partial charge in [0, 0.05) is 18.3 Å². The number of hydrogen-bond donors (Lipinski definition) is 3. The van der Waals surface area contributed by atoms with Gasteiger partial charge in [-0.1, -0.05) is 5.21 Å². The van der Waals surface area contributed by atoms with Gasteiger partial charge in [0.25, 0.3) is 5.91 Å². The van der Waals surface area contributed by atoms with Crippen molar-refractivity contribution in [3.05, 3.63) is 35.2 Å². The lowest BCUT2D eigenvalue weighted by Crippen LogP contribution is -2.24. The van der Waals surface area contributed by atoms with Gasteiger partial charge in [0.2, 0.25) is 0 Å². The van der Waals surface area contributed by atoms with Gasteiger partial charge in [-0.15, -0.1) is 10.2 Å². The summed E-state index contributed by atoms with van der Waals surface area (Å²) < 4.78 is 38.7. The summed E-state index contributed by atoms with van der Waals surface area (Å²) in [5, 5.41) is 17.6. The monoisotopic (exact) mass is 300 g/mol. The Hall–Kier alpha value is -2.65. The van der Waals surface area contributed by atoms with Crippen LogP contribution in [0.15, 0.2) is 18.2 Å². The number of aromatic amines is 1. The van der Waals surface area contributed by atoms with Crippen molar-refractivity contribution in [2.45, 2.75) is 12.7 Å². The molecule has 0 fully saturated rings. The van der Waals surface area contributed by atoms with Crippen LogP contribution in [-0.4, -0.2) is 33.6 Å². The molecular weight excluding hydrogens is 289 g/mol. The molecule has 2 rings (SSSR count). The van der Waals surface area contributed by atoms with Crippen molar-refractivity contribution >= 4 is 11.6 Å². The second kappa shape index (κ2) is 5.77. The van der Waals surface area contributed by atoms with Gasteiger partial charge in [-0.25, -0.2) is 0 Å². The number of carbonyl (C=O) groups excluding carboxylic acids is 1. The van der Waals surface area contributed by atoms with Crippen LogP contribution in [0.1, 0.15) is 21.7 Å². The van der Waals surface area contributed by atoms with Gasteiger partial charge in [0.1, 0.15) is 0 Å². The molecule has 7 nitrogen and oxygen atoms in total. The predicted molar refractivity (Wildman–Crippen MR) is 66.3 cm³/mol. The Labute approximate surface area is 116 Å². The van der Waals surface area contributed by atoms with E-state index in [2.05, 4.69) is 31.3 Å². The standard InChI is InChI=1S/C11H11F3N6O/c1-15-8-3-2-6(4-7(8)11(12,13)14)10(21)16-5-9-17-19-20-18-9/h2-4,15H,5H2,1H3,(H,16,21)(H,17,18,19,20). The highest BCUT2D eigenvalue weighted by Gasteiger charge is 2.34. The number of halogens is 3. The Bertz CT molecular complexity index is 625. The largest absolute Gasteiger partial charge is 0.418 e. The van der Waals surface area contributed by atoms with Crippen LogP contribution in [0.2, 0.25) is 0 Å². The molecule has 1 amide bonds. The molecule has 3 N–H and O–H groups in total. The zero-order valence-corrected chi connectivity index (χ0v) is 10.8. The number of tetrazole rings is 1. The van der Waals surface area contributed by atoms with E-state index in [4.69, 9.17) is 0 Å². The van der Waals surface area contributed by atoms with E-state index in [0.717, 1.165) is 6.07 Å². The molecule has 0 unspecified atom stereocenters. The van der Waals surface area contributed by atoms with Crippen LogP contribution in [0.5, 0.6) is 0 Å². The molecule has 0 spiro atoms. The van der Waals surface area contributed by atoms with Crippen LogP contribution in [0.25, 0.3) is 0 Å². The summed E-state index contributed by atoms with van der Waals surface area (Å²) in [6, 6.07) is 3.29. The summed E-state index contributed by atoms with van der Waals surface area (Å²) in [4.78, 5) is 11.8. The van der Waals surface area contributed by atoms with Crippen LogP contribution in [0.3, 0.4) is 0 Å². The highest BCUT2D eigenvalue weighted by molar-refractivity contribution is 5.94. The van der Waals surface area contributed by atoms with Crippen molar-refractivity contribution in [3.63, 3.8) is 0 Å². The van der Waals surface area contributed by atoms with E-state index in [1.54, 1.807) is 0 Å². The van der Waals surface area contributed by atoms with Gasteiger partial charge >= 0.3 is 6.18 Å². The first kappa shape index (κ1) is 14.8. The van der Waals surface area contributed by atoms with E-state index < -0.39 is 17.6 Å². The Morgan fingerprint density at radius 1 is 1.38 bits per heavy atom. The van der Waals surface area contributed by atoms with E-state index in [0.29, 0.717) is 0 Å². The summed E-state index contributed by atoms with van der Waals surface area (Å²) in [6.07, 6.45) is -4.55. The summed E-state index contributed by atoms with van der Waals surface area (Å²) >= 11 is 0. The van der Waals surface area contributed by atoms with E-state index in [1.165, 1.54) is 19.2 Å². The van der Waals surface area contributed by atoms with E-state index in [1.807, 2.05) is 0 Å². The molecular formula is C11H11F3N6O. The third kappa shape index (κ3) is 3.46. The third-order valence-electron chi connectivity index (χ3n) is 2.65. The van der Waals surface area contributed by atoms with Crippen LogP contribution in [0.4, 0.5) is 18.9 Å². The lowest BCUT2D eigenvalue weighted by atomic mass is 10.1. The Morgan fingerprint density at radius 2 is 2.14 bits per heavy atom. The second-order valence-electron chi connectivity index (χ2n) is 4.02. The van der Waals surface area contributed by atoms with Gasteiger partial charge in [0.15, 0.2) is 5.82 Å². The molecule has 0 atom stereocenters. The molecule has 1 aromatic carbocycles. The molecule has 2 aromatic rings. The molecule has 0 saturated heterocycles. The van der Waals surface area contributed by atoms with Crippen molar-refractivity contribution in [1.82, 2.24) is 25.9 Å². The maximum absolute atomic E-state index is 12.9. The Balaban J connectivity index is 2.17. The molecule has 1 aromatic heterocycles. The quantitative estimate of drug-likeness (QED) is 0.788. The molecule has 0 aliphatic carbocycles. The summed E-state index contributed by atoms with van der Waals surface area (Å²) in [5.41, 5.74) is -1.11. The Morgan fingerprint density at radius 3 is 2.71 bits per heavy atom. The predicted octanol–water partition coefficient (Wildman–Crippen LogP) is 1.19. The fourth-order valence-corrected chi connectivity index (χ4v) is 1.66. The lowest BCUT2D eigenvalue weighted by Gasteiger charge is -2.14. The second-order valence-corrected chi connectivity index (χ2v) is 4.02. The minimum atomic E-state index is -4.55. The zero-order valence-electron chi connectivity index (χ0n) is 10.8. The van der Waals surface area contributed by atoms with Crippen molar-refractivity contribution in [3.8, 4) is 0 Å². The Kier molecular flexibility index (Phi) is 4.05. The van der Waals surface area contributed by atoms with Crippen molar-refractivity contribution < 1.29 is 18.0 Å². The van der Waals surface area contributed by atoms with E-state index >= 15 is 0 Å². The zero-order chi connectivity index (χ0) is 15.5. The van der Waals surface area contributed by atoms with Crippen LogP contribution in [0, 0.1) is 0 Å². The van der Waals surface area contributed by atoms with Crippen LogP contribution >= 0.6 is 0 Å². The average molecular weight is 300 g/mol. The van der Waals surface area contributed by atoms with Gasteiger partial charge in [0.05, 0.1) is 12.1 Å².